The smallest absolute Gasteiger partial charge is 0.303 e. The second-order valence-corrected chi connectivity index (χ2v) is 6.71. The highest BCUT2D eigenvalue weighted by Crippen LogP contribution is 2.17. The molecule has 23 heavy (non-hydrogen) atoms. The molecule has 0 spiro atoms. The molecule has 0 saturated carbocycles. The molecule has 4 heteroatoms. The van der Waals surface area contributed by atoms with Crippen molar-refractivity contribution in [2.75, 3.05) is 26.2 Å². The van der Waals surface area contributed by atoms with E-state index in [1.54, 1.807) is 0 Å². The third-order valence-corrected chi connectivity index (χ3v) is 4.35. The first-order valence-corrected chi connectivity index (χ1v) is 9.44. The van der Waals surface area contributed by atoms with E-state index in [1.165, 1.54) is 12.8 Å². The number of rotatable bonds is 15. The molecule has 0 fully saturated rings. The molecule has 0 aromatic carbocycles. The van der Waals surface area contributed by atoms with Crippen molar-refractivity contribution in [2.24, 2.45) is 0 Å². The van der Waals surface area contributed by atoms with Crippen LogP contribution in [0, 0.1) is 0 Å². The molecule has 0 aliphatic heterocycles. The number of carboxylic acids is 1. The van der Waals surface area contributed by atoms with E-state index >= 15 is 0 Å². The zero-order chi connectivity index (χ0) is 17.6. The van der Waals surface area contributed by atoms with Crippen LogP contribution >= 0.6 is 0 Å². The number of aliphatic hydroxyl groups excluding tert-OH is 1. The van der Waals surface area contributed by atoms with E-state index in [-0.39, 0.29) is 6.42 Å². The molecular weight excluding hydrogens is 290 g/mol. The summed E-state index contributed by atoms with van der Waals surface area (Å²) in [7, 11) is 0. The maximum atomic E-state index is 10.7. The van der Waals surface area contributed by atoms with Crippen LogP contribution in [0.3, 0.4) is 0 Å². The van der Waals surface area contributed by atoms with Gasteiger partial charge in [0.15, 0.2) is 0 Å². The molecule has 136 valence electrons. The largest absolute Gasteiger partial charge is 0.507 e. The van der Waals surface area contributed by atoms with E-state index in [0.29, 0.717) is 12.3 Å². The number of quaternary nitrogens is 1. The third-order valence-electron chi connectivity index (χ3n) is 4.35. The van der Waals surface area contributed by atoms with Crippen LogP contribution in [0.15, 0.2) is 11.8 Å². The maximum Gasteiger partial charge on any atom is 0.303 e. The van der Waals surface area contributed by atoms with Gasteiger partial charge in [0, 0.05) is 6.42 Å². The van der Waals surface area contributed by atoms with Gasteiger partial charge < -0.3 is 14.7 Å². The molecule has 0 rings (SSSR count). The second kappa shape index (κ2) is 13.4. The zero-order valence-electron chi connectivity index (χ0n) is 15.5. The fourth-order valence-corrected chi connectivity index (χ4v) is 3.32. The molecule has 0 aromatic rings. The van der Waals surface area contributed by atoms with E-state index < -0.39 is 5.97 Å². The number of unbranched alkanes of at least 4 members (excludes halogenated alkanes) is 4. The van der Waals surface area contributed by atoms with Gasteiger partial charge in [0.2, 0.25) is 0 Å². The zero-order valence-corrected chi connectivity index (χ0v) is 15.5. The summed E-state index contributed by atoms with van der Waals surface area (Å²) in [4.78, 5) is 10.7. The highest BCUT2D eigenvalue weighted by Gasteiger charge is 2.26. The Morgan fingerprint density at radius 2 is 1.52 bits per heavy atom. The Kier molecular flexibility index (Phi) is 12.8. The summed E-state index contributed by atoms with van der Waals surface area (Å²) in [5, 5.41) is 19.1. The number of aliphatic carboxylic acids is 1. The lowest BCUT2D eigenvalue weighted by Gasteiger charge is -2.38. The fourth-order valence-electron chi connectivity index (χ4n) is 3.32. The Hall–Kier alpha value is -1.03. The van der Waals surface area contributed by atoms with E-state index in [9.17, 15) is 9.90 Å². The third kappa shape index (κ3) is 11.2. The SMILES string of the molecule is CCCCC/C=C(\O)C[N+](CCC)(CCC)CCCCC(=O)O. The molecule has 0 bridgehead atoms. The molecule has 0 radical (unpaired) electrons. The Bertz CT molecular complexity index is 334. The monoisotopic (exact) mass is 328 g/mol. The predicted octanol–water partition coefficient (Wildman–Crippen LogP) is 4.90. The molecule has 0 aromatic heterocycles. The van der Waals surface area contributed by atoms with Gasteiger partial charge in [-0.05, 0) is 44.6 Å². The highest BCUT2D eigenvalue weighted by molar-refractivity contribution is 5.66. The summed E-state index contributed by atoms with van der Waals surface area (Å²) < 4.78 is 0.892. The number of carbonyl (C=O) groups is 1. The number of aliphatic hydroxyl groups is 1. The number of carboxylic acid groups (broad SMARTS) is 1. The molecule has 0 amide bonds. The molecule has 0 aliphatic carbocycles. The molecular formula is C19H38NO3+. The lowest BCUT2D eigenvalue weighted by atomic mass is 10.1. The standard InChI is InChI=1S/C19H37NO3/c1-4-7-8-9-12-18(21)17-20(14-5-2,15-6-3)16-11-10-13-19(22)23/h12H,4-11,13-17H2,1-3H3,(H-,21,22,23)/p+1/b18-12-. The van der Waals surface area contributed by atoms with E-state index in [2.05, 4.69) is 20.8 Å². The van der Waals surface area contributed by atoms with Crippen LogP contribution in [-0.2, 0) is 4.79 Å². The van der Waals surface area contributed by atoms with Crippen molar-refractivity contribution in [3.63, 3.8) is 0 Å². The quantitative estimate of drug-likeness (QED) is 0.255. The van der Waals surface area contributed by atoms with Crippen LogP contribution in [0.5, 0.6) is 0 Å². The van der Waals surface area contributed by atoms with Crippen molar-refractivity contribution < 1.29 is 19.5 Å². The molecule has 0 aliphatic rings. The Morgan fingerprint density at radius 1 is 0.870 bits per heavy atom. The summed E-state index contributed by atoms with van der Waals surface area (Å²) in [6.07, 6.45) is 10.6. The Balaban J connectivity index is 4.64. The molecule has 0 atom stereocenters. The van der Waals surface area contributed by atoms with Crippen LogP contribution in [-0.4, -0.2) is 46.8 Å². The van der Waals surface area contributed by atoms with Gasteiger partial charge in [0.05, 0.1) is 19.6 Å². The van der Waals surface area contributed by atoms with E-state index in [0.717, 1.165) is 62.6 Å². The van der Waals surface area contributed by atoms with Crippen molar-refractivity contribution in [2.45, 2.75) is 78.6 Å². The van der Waals surface area contributed by atoms with Gasteiger partial charge in [-0.3, -0.25) is 4.79 Å². The number of allylic oxidation sites excluding steroid dienone is 1. The number of hydrogen-bond donors (Lipinski definition) is 2. The summed E-state index contributed by atoms with van der Waals surface area (Å²) in [5.74, 6) is -0.200. The first kappa shape index (κ1) is 22.0. The van der Waals surface area contributed by atoms with Crippen molar-refractivity contribution in [1.29, 1.82) is 0 Å². The predicted molar refractivity (Wildman–Crippen MR) is 96.7 cm³/mol. The van der Waals surface area contributed by atoms with Crippen LogP contribution in [0.2, 0.25) is 0 Å². The summed E-state index contributed by atoms with van der Waals surface area (Å²) in [5.41, 5.74) is 0. The van der Waals surface area contributed by atoms with Crippen molar-refractivity contribution >= 4 is 5.97 Å². The van der Waals surface area contributed by atoms with Crippen LogP contribution in [0.4, 0.5) is 0 Å². The maximum absolute atomic E-state index is 10.7. The number of hydrogen-bond acceptors (Lipinski definition) is 2. The summed E-state index contributed by atoms with van der Waals surface area (Å²) >= 11 is 0. The lowest BCUT2D eigenvalue weighted by Crippen LogP contribution is -2.51. The minimum Gasteiger partial charge on any atom is -0.507 e. The summed E-state index contributed by atoms with van der Waals surface area (Å²) in [6, 6.07) is 0. The van der Waals surface area contributed by atoms with E-state index in [4.69, 9.17) is 5.11 Å². The van der Waals surface area contributed by atoms with Gasteiger partial charge in [-0.2, -0.15) is 0 Å². The average Bonchev–Trinajstić information content (AvgIpc) is 2.48. The van der Waals surface area contributed by atoms with Gasteiger partial charge in [-0.1, -0.05) is 33.6 Å². The lowest BCUT2D eigenvalue weighted by molar-refractivity contribution is -0.925. The van der Waals surface area contributed by atoms with Crippen molar-refractivity contribution in [1.82, 2.24) is 0 Å². The molecule has 0 heterocycles. The minimum absolute atomic E-state index is 0.247. The average molecular weight is 329 g/mol. The first-order chi connectivity index (χ1) is 11.0. The molecule has 2 N–H and O–H groups in total. The van der Waals surface area contributed by atoms with Crippen molar-refractivity contribution in [3.8, 4) is 0 Å². The van der Waals surface area contributed by atoms with Crippen LogP contribution in [0.1, 0.15) is 78.6 Å². The minimum atomic E-state index is -0.715. The van der Waals surface area contributed by atoms with Crippen molar-refractivity contribution in [3.05, 3.63) is 11.8 Å². The molecule has 0 unspecified atom stereocenters. The number of nitrogens with zero attached hydrogens (tertiary/aromatic N) is 1. The first-order valence-electron chi connectivity index (χ1n) is 9.44. The Labute approximate surface area is 142 Å². The van der Waals surface area contributed by atoms with Gasteiger partial charge in [0.1, 0.15) is 12.3 Å². The van der Waals surface area contributed by atoms with E-state index in [1.807, 2.05) is 6.08 Å². The van der Waals surface area contributed by atoms with Crippen LogP contribution < -0.4 is 0 Å². The van der Waals surface area contributed by atoms with Gasteiger partial charge in [-0.15, -0.1) is 0 Å². The van der Waals surface area contributed by atoms with Gasteiger partial charge in [-0.25, -0.2) is 0 Å². The molecule has 0 saturated heterocycles. The topological polar surface area (TPSA) is 57.5 Å². The van der Waals surface area contributed by atoms with Gasteiger partial charge in [0.25, 0.3) is 0 Å². The molecule has 4 nitrogen and oxygen atoms in total. The highest BCUT2D eigenvalue weighted by atomic mass is 16.4. The second-order valence-electron chi connectivity index (χ2n) is 6.71. The normalized spacial score (nSPS) is 12.6. The summed E-state index contributed by atoms with van der Waals surface area (Å²) in [6.45, 7) is 10.3. The Morgan fingerprint density at radius 3 is 2.04 bits per heavy atom. The van der Waals surface area contributed by atoms with Crippen LogP contribution in [0.25, 0.3) is 0 Å². The fraction of sp³-hybridized carbons (Fsp3) is 0.842. The van der Waals surface area contributed by atoms with Gasteiger partial charge >= 0.3 is 5.97 Å².